The van der Waals surface area contributed by atoms with E-state index in [1.165, 1.54) is 12.3 Å². The van der Waals surface area contributed by atoms with Crippen molar-refractivity contribution in [3.63, 3.8) is 0 Å². The second kappa shape index (κ2) is 4.08. The fraction of sp³-hybridized carbons (Fsp3) is 0.556. The lowest BCUT2D eigenvalue weighted by Crippen LogP contribution is -2.55. The zero-order valence-electron chi connectivity index (χ0n) is 8.98. The highest BCUT2D eigenvalue weighted by atomic mass is 16.6. The van der Waals surface area contributed by atoms with Crippen LogP contribution in [0.25, 0.3) is 0 Å². The number of hydrogen-bond donors (Lipinski definition) is 4. The number of ether oxygens (including phenoxy) is 1. The first-order valence-corrected chi connectivity index (χ1v) is 5.08. The van der Waals surface area contributed by atoms with Gasteiger partial charge in [-0.1, -0.05) is 0 Å². The third-order valence-corrected chi connectivity index (χ3v) is 2.72. The van der Waals surface area contributed by atoms with Crippen molar-refractivity contribution < 1.29 is 14.9 Å². The molecule has 0 aliphatic carbocycles. The van der Waals surface area contributed by atoms with Crippen LogP contribution < -0.4 is 17.2 Å². The molecule has 1 saturated heterocycles. The van der Waals surface area contributed by atoms with E-state index in [1.807, 2.05) is 0 Å². The van der Waals surface area contributed by atoms with Crippen LogP contribution in [0.1, 0.15) is 6.42 Å². The molecule has 1 aliphatic rings. The fourth-order valence-electron chi connectivity index (χ4n) is 1.82. The summed E-state index contributed by atoms with van der Waals surface area (Å²) in [4.78, 5) is 15.1. The zero-order valence-corrected chi connectivity index (χ0v) is 8.98. The average Bonchev–Trinajstić information content (AvgIpc) is 2.55. The summed E-state index contributed by atoms with van der Waals surface area (Å²) >= 11 is 0. The molecule has 6 N–H and O–H groups in total. The first kappa shape index (κ1) is 12.0. The monoisotopic (exact) mass is 242 g/mol. The molecule has 0 aromatic carbocycles. The third-order valence-electron chi connectivity index (χ3n) is 2.72. The van der Waals surface area contributed by atoms with Crippen LogP contribution in [0.2, 0.25) is 0 Å². The molecule has 1 fully saturated rings. The highest BCUT2D eigenvalue weighted by Gasteiger charge is 2.47. The van der Waals surface area contributed by atoms with Crippen molar-refractivity contribution in [3.8, 4) is 0 Å². The Balaban J connectivity index is 2.42. The molecule has 0 amide bonds. The molecule has 17 heavy (non-hydrogen) atoms. The first-order chi connectivity index (χ1) is 7.97. The molecule has 1 aliphatic heterocycles. The van der Waals surface area contributed by atoms with Gasteiger partial charge in [-0.25, -0.2) is 4.79 Å². The first-order valence-electron chi connectivity index (χ1n) is 5.08. The van der Waals surface area contributed by atoms with Gasteiger partial charge in [-0.2, -0.15) is 4.98 Å². The van der Waals surface area contributed by atoms with Gasteiger partial charge in [0, 0.05) is 12.6 Å². The maximum atomic E-state index is 11.6. The van der Waals surface area contributed by atoms with Crippen LogP contribution in [0, 0.1) is 0 Å². The van der Waals surface area contributed by atoms with Crippen LogP contribution >= 0.6 is 0 Å². The van der Waals surface area contributed by atoms with Crippen molar-refractivity contribution >= 4 is 5.82 Å². The Morgan fingerprint density at radius 1 is 1.71 bits per heavy atom. The molecule has 94 valence electrons. The fourth-order valence-corrected chi connectivity index (χ4v) is 1.82. The maximum absolute atomic E-state index is 11.6. The van der Waals surface area contributed by atoms with Crippen molar-refractivity contribution in [2.75, 3.05) is 12.3 Å². The second-order valence-corrected chi connectivity index (χ2v) is 3.93. The minimum absolute atomic E-state index is 0.0565. The molecule has 2 heterocycles. The molecule has 0 unspecified atom stereocenters. The Labute approximate surface area is 96.4 Å². The summed E-state index contributed by atoms with van der Waals surface area (Å²) in [6.45, 7) is -0.285. The van der Waals surface area contributed by atoms with Crippen LogP contribution in [0.4, 0.5) is 5.82 Å². The Hall–Kier alpha value is -1.48. The number of aromatic nitrogens is 2. The molecule has 0 saturated carbocycles. The molecule has 0 radical (unpaired) electrons. The Morgan fingerprint density at radius 3 is 2.94 bits per heavy atom. The van der Waals surface area contributed by atoms with E-state index in [0.717, 1.165) is 4.57 Å². The predicted molar refractivity (Wildman–Crippen MR) is 57.7 cm³/mol. The van der Waals surface area contributed by atoms with Gasteiger partial charge in [-0.15, -0.1) is 0 Å². The summed E-state index contributed by atoms with van der Waals surface area (Å²) < 4.78 is 6.24. The maximum Gasteiger partial charge on any atom is 0.352 e. The van der Waals surface area contributed by atoms with E-state index in [0.29, 0.717) is 0 Å². The Kier molecular flexibility index (Phi) is 2.87. The van der Waals surface area contributed by atoms with Crippen molar-refractivity contribution in [3.05, 3.63) is 22.7 Å². The van der Waals surface area contributed by atoms with E-state index < -0.39 is 23.7 Å². The molecule has 0 bridgehead atoms. The van der Waals surface area contributed by atoms with E-state index in [2.05, 4.69) is 4.98 Å². The summed E-state index contributed by atoms with van der Waals surface area (Å²) in [7, 11) is 0. The summed E-state index contributed by atoms with van der Waals surface area (Å²) in [5.74, 6) is -1.66. The predicted octanol–water partition coefficient (Wildman–Crippen LogP) is -2.46. The zero-order chi connectivity index (χ0) is 12.6. The van der Waals surface area contributed by atoms with Gasteiger partial charge >= 0.3 is 5.69 Å². The van der Waals surface area contributed by atoms with Crippen LogP contribution in [0.5, 0.6) is 0 Å². The lowest BCUT2D eigenvalue weighted by molar-refractivity contribution is -0.146. The minimum atomic E-state index is -1.72. The van der Waals surface area contributed by atoms with Crippen molar-refractivity contribution in [1.82, 2.24) is 9.55 Å². The smallest absolute Gasteiger partial charge is 0.352 e. The topological polar surface area (TPSA) is 137 Å². The van der Waals surface area contributed by atoms with E-state index in [-0.39, 0.29) is 18.8 Å². The molecule has 1 aromatic rings. The molecule has 1 aromatic heterocycles. The summed E-state index contributed by atoms with van der Waals surface area (Å²) in [6.07, 6.45) is -0.278. The van der Waals surface area contributed by atoms with E-state index in [4.69, 9.17) is 21.3 Å². The number of rotatable bonds is 2. The largest absolute Gasteiger partial charge is 0.394 e. The molecule has 8 heteroatoms. The SMILES string of the molecule is Nc1ccn([C@]2(N)O[C@H](CO)C[C@H]2O)c(=O)n1. The van der Waals surface area contributed by atoms with E-state index >= 15 is 0 Å². The van der Waals surface area contributed by atoms with Gasteiger partial charge in [0.15, 0.2) is 0 Å². The number of anilines is 1. The minimum Gasteiger partial charge on any atom is -0.394 e. The van der Waals surface area contributed by atoms with Crippen LogP contribution in [0.3, 0.4) is 0 Å². The Morgan fingerprint density at radius 2 is 2.41 bits per heavy atom. The molecule has 0 spiro atoms. The lowest BCUT2D eigenvalue weighted by Gasteiger charge is -2.28. The highest BCUT2D eigenvalue weighted by Crippen LogP contribution is 2.29. The van der Waals surface area contributed by atoms with Gasteiger partial charge < -0.3 is 20.7 Å². The van der Waals surface area contributed by atoms with Crippen molar-refractivity contribution in [1.29, 1.82) is 0 Å². The van der Waals surface area contributed by atoms with Gasteiger partial charge in [0.1, 0.15) is 11.9 Å². The standard InChI is InChI=1S/C9H14N4O4/c10-7-1-2-13(8(16)12-7)9(11)6(15)3-5(4-14)17-9/h1-2,5-6,14-15H,3-4,11H2,(H2,10,12,16)/t5-,6+,9-/m0/s1. The number of aliphatic hydroxyl groups is 2. The van der Waals surface area contributed by atoms with Gasteiger partial charge in [-0.05, 0) is 6.07 Å². The third kappa shape index (κ3) is 1.91. The van der Waals surface area contributed by atoms with Gasteiger partial charge in [0.25, 0.3) is 0 Å². The van der Waals surface area contributed by atoms with Crippen molar-refractivity contribution in [2.45, 2.75) is 24.5 Å². The molecule has 2 rings (SSSR count). The van der Waals surface area contributed by atoms with Gasteiger partial charge in [-0.3, -0.25) is 10.3 Å². The second-order valence-electron chi connectivity index (χ2n) is 3.93. The summed E-state index contributed by atoms with van der Waals surface area (Å²) in [6, 6.07) is 1.37. The number of nitrogen functional groups attached to an aromatic ring is 1. The molecule has 8 nitrogen and oxygen atoms in total. The number of nitrogens with two attached hydrogens (primary N) is 2. The quantitative estimate of drug-likeness (QED) is 0.451. The van der Waals surface area contributed by atoms with Crippen molar-refractivity contribution in [2.24, 2.45) is 5.73 Å². The van der Waals surface area contributed by atoms with Crippen LogP contribution in [0.15, 0.2) is 17.1 Å². The Bertz CT molecular complexity index is 476. The molecular weight excluding hydrogens is 228 g/mol. The summed E-state index contributed by atoms with van der Waals surface area (Å²) in [5.41, 5.74) is 10.5. The number of hydrogen-bond acceptors (Lipinski definition) is 7. The van der Waals surface area contributed by atoms with Gasteiger partial charge in [0.2, 0.25) is 5.85 Å². The van der Waals surface area contributed by atoms with E-state index in [9.17, 15) is 9.90 Å². The van der Waals surface area contributed by atoms with E-state index in [1.54, 1.807) is 0 Å². The molecular formula is C9H14N4O4. The van der Waals surface area contributed by atoms with Crippen LogP contribution in [-0.2, 0) is 10.6 Å². The highest BCUT2D eigenvalue weighted by molar-refractivity contribution is 5.23. The normalized spacial score (nSPS) is 32.9. The molecule has 3 atom stereocenters. The average molecular weight is 242 g/mol. The van der Waals surface area contributed by atoms with Gasteiger partial charge in [0.05, 0.1) is 12.7 Å². The van der Waals surface area contributed by atoms with Crippen LogP contribution in [-0.4, -0.2) is 38.6 Å². The lowest BCUT2D eigenvalue weighted by atomic mass is 10.1. The summed E-state index contributed by atoms with van der Waals surface area (Å²) in [5, 5.41) is 18.8. The number of aliphatic hydroxyl groups excluding tert-OH is 2. The number of nitrogens with zero attached hydrogens (tertiary/aromatic N) is 2.